The summed E-state index contributed by atoms with van der Waals surface area (Å²) in [5.74, 6) is -0.498. The van der Waals surface area contributed by atoms with E-state index in [0.29, 0.717) is 52.4 Å². The Morgan fingerprint density at radius 1 is 0.733 bits per heavy atom. The molecule has 4 aliphatic heterocycles. The first kappa shape index (κ1) is 18.6. The molecule has 158 valence electrons. The third kappa shape index (κ3) is 3.08. The molecular weight excluding hydrogens is 392 g/mol. The minimum Gasteiger partial charge on any atom is -0.353 e. The maximum Gasteiger partial charge on any atom is 0.312 e. The van der Waals surface area contributed by atoms with E-state index in [0.717, 1.165) is 11.6 Å². The van der Waals surface area contributed by atoms with Gasteiger partial charge in [-0.1, -0.05) is 0 Å². The Morgan fingerprint density at radius 3 is 1.67 bits per heavy atom. The van der Waals surface area contributed by atoms with Gasteiger partial charge in [0, 0.05) is 58.4 Å². The molecule has 5 rings (SSSR count). The summed E-state index contributed by atoms with van der Waals surface area (Å²) in [5, 5.41) is 5.28. The topological polar surface area (TPSA) is 131 Å². The Kier molecular flexibility index (Phi) is 4.40. The molecule has 12 heteroatoms. The summed E-state index contributed by atoms with van der Waals surface area (Å²) in [6.07, 6.45) is 1.52. The van der Waals surface area contributed by atoms with Gasteiger partial charge in [0.2, 0.25) is 0 Å². The molecule has 0 aliphatic carbocycles. The number of nitrogens with one attached hydrogen (secondary N) is 2. The van der Waals surface area contributed by atoms with Gasteiger partial charge in [-0.2, -0.15) is 0 Å². The van der Waals surface area contributed by atoms with Gasteiger partial charge in [-0.3, -0.25) is 19.2 Å². The standard InChI is InChI=1S/C18H22N8O4/c27-15-17(29)25-3-1-23(8-11(25)6-19-15)13-5-14(22-10-21-13)24-2-4-26-12(9-24)7-20-16(28)18(26)30/h5,10-12H,1-4,6-9H2,(H,19,27)(H,20,28). The highest BCUT2D eigenvalue weighted by Gasteiger charge is 2.39. The lowest BCUT2D eigenvalue weighted by molar-refractivity contribution is -0.150. The molecule has 0 bridgehead atoms. The number of anilines is 2. The predicted molar refractivity (Wildman–Crippen MR) is 103 cm³/mol. The molecular formula is C18H22N8O4. The van der Waals surface area contributed by atoms with Crippen LogP contribution in [0.5, 0.6) is 0 Å². The molecule has 2 N–H and O–H groups in total. The molecule has 4 saturated heterocycles. The van der Waals surface area contributed by atoms with Crippen molar-refractivity contribution >= 4 is 35.3 Å². The van der Waals surface area contributed by atoms with Crippen LogP contribution < -0.4 is 20.4 Å². The second-order valence-electron chi connectivity index (χ2n) is 7.85. The SMILES string of the molecule is O=C1NCC2CN(c3cc(N4CCN5C(=O)C(=O)NCC5C4)ncn3)CCN2C1=O. The van der Waals surface area contributed by atoms with Crippen molar-refractivity contribution in [2.45, 2.75) is 12.1 Å². The molecule has 0 aromatic carbocycles. The molecule has 1 aromatic heterocycles. The summed E-state index contributed by atoms with van der Waals surface area (Å²) < 4.78 is 0. The van der Waals surface area contributed by atoms with E-state index in [1.54, 1.807) is 9.80 Å². The van der Waals surface area contributed by atoms with Crippen molar-refractivity contribution in [2.24, 2.45) is 0 Å². The minimum atomic E-state index is -0.541. The number of hydrogen-bond acceptors (Lipinski definition) is 8. The molecule has 0 radical (unpaired) electrons. The number of hydrogen-bond donors (Lipinski definition) is 2. The Balaban J connectivity index is 1.29. The van der Waals surface area contributed by atoms with Crippen LogP contribution in [0.4, 0.5) is 11.6 Å². The van der Waals surface area contributed by atoms with Crippen LogP contribution in [0.15, 0.2) is 12.4 Å². The number of piperazine rings is 4. The van der Waals surface area contributed by atoms with Crippen LogP contribution in [0.3, 0.4) is 0 Å². The maximum absolute atomic E-state index is 12.0. The van der Waals surface area contributed by atoms with E-state index in [4.69, 9.17) is 0 Å². The zero-order valence-corrected chi connectivity index (χ0v) is 16.3. The van der Waals surface area contributed by atoms with Crippen LogP contribution in [0.1, 0.15) is 0 Å². The van der Waals surface area contributed by atoms with Crippen LogP contribution in [0.25, 0.3) is 0 Å². The van der Waals surface area contributed by atoms with Gasteiger partial charge in [0.05, 0.1) is 12.1 Å². The van der Waals surface area contributed by atoms with Crippen molar-refractivity contribution in [3.8, 4) is 0 Å². The quantitative estimate of drug-likeness (QED) is 0.483. The fourth-order valence-corrected chi connectivity index (χ4v) is 4.53. The van der Waals surface area contributed by atoms with E-state index in [2.05, 4.69) is 30.4 Å². The minimum absolute atomic E-state index is 0.0808. The van der Waals surface area contributed by atoms with Gasteiger partial charge in [-0.05, 0) is 0 Å². The summed E-state index contributed by atoms with van der Waals surface area (Å²) in [4.78, 5) is 63.5. The van der Waals surface area contributed by atoms with E-state index in [-0.39, 0.29) is 12.1 Å². The number of rotatable bonds is 2. The van der Waals surface area contributed by atoms with Crippen molar-refractivity contribution in [1.82, 2.24) is 30.4 Å². The van der Waals surface area contributed by atoms with E-state index >= 15 is 0 Å². The number of amides is 4. The Hall–Kier alpha value is -3.44. The van der Waals surface area contributed by atoms with Crippen LogP contribution in [-0.2, 0) is 19.2 Å². The summed E-state index contributed by atoms with van der Waals surface area (Å²) in [6, 6.07) is 1.75. The van der Waals surface area contributed by atoms with Gasteiger partial charge >= 0.3 is 23.6 Å². The Labute approximate surface area is 172 Å². The lowest BCUT2D eigenvalue weighted by Gasteiger charge is -2.44. The Bertz CT molecular complexity index is 854. The van der Waals surface area contributed by atoms with Crippen molar-refractivity contribution < 1.29 is 19.2 Å². The molecule has 30 heavy (non-hydrogen) atoms. The van der Waals surface area contributed by atoms with Crippen molar-refractivity contribution in [3.63, 3.8) is 0 Å². The molecule has 4 fully saturated rings. The van der Waals surface area contributed by atoms with Gasteiger partial charge in [0.25, 0.3) is 0 Å². The second-order valence-corrected chi connectivity index (χ2v) is 7.85. The lowest BCUT2D eigenvalue weighted by atomic mass is 10.1. The van der Waals surface area contributed by atoms with Crippen molar-refractivity contribution in [1.29, 1.82) is 0 Å². The van der Waals surface area contributed by atoms with Crippen LogP contribution in [0.2, 0.25) is 0 Å². The van der Waals surface area contributed by atoms with Crippen molar-refractivity contribution in [3.05, 3.63) is 12.4 Å². The van der Waals surface area contributed by atoms with Gasteiger partial charge in [0.1, 0.15) is 18.0 Å². The Morgan fingerprint density at radius 2 is 1.20 bits per heavy atom. The predicted octanol–water partition coefficient (Wildman–Crippen LogP) is -3.23. The maximum atomic E-state index is 12.0. The number of carbonyl (C=O) groups excluding carboxylic acids is 4. The zero-order valence-electron chi connectivity index (χ0n) is 16.3. The third-order valence-electron chi connectivity index (χ3n) is 6.16. The summed E-state index contributed by atoms with van der Waals surface area (Å²) in [7, 11) is 0. The molecule has 4 aliphatic rings. The highest BCUT2D eigenvalue weighted by Crippen LogP contribution is 2.24. The molecule has 0 spiro atoms. The summed E-state index contributed by atoms with van der Waals surface area (Å²) >= 11 is 0. The lowest BCUT2D eigenvalue weighted by Crippen LogP contribution is -2.65. The molecule has 5 heterocycles. The average Bonchev–Trinajstić information content (AvgIpc) is 2.78. The first-order valence-electron chi connectivity index (χ1n) is 10.0. The van der Waals surface area contributed by atoms with E-state index in [9.17, 15) is 19.2 Å². The third-order valence-corrected chi connectivity index (χ3v) is 6.16. The normalized spacial score (nSPS) is 26.8. The number of fused-ring (bicyclic) bond motifs is 2. The summed E-state index contributed by atoms with van der Waals surface area (Å²) in [6.45, 7) is 4.15. The molecule has 12 nitrogen and oxygen atoms in total. The van der Waals surface area contributed by atoms with Gasteiger partial charge in [-0.15, -0.1) is 0 Å². The van der Waals surface area contributed by atoms with E-state index < -0.39 is 23.6 Å². The van der Waals surface area contributed by atoms with Gasteiger partial charge in [-0.25, -0.2) is 9.97 Å². The van der Waals surface area contributed by atoms with E-state index in [1.807, 2.05) is 6.07 Å². The molecule has 0 saturated carbocycles. The molecule has 2 atom stereocenters. The second kappa shape index (κ2) is 7.11. The van der Waals surface area contributed by atoms with Gasteiger partial charge in [0.15, 0.2) is 0 Å². The number of nitrogens with zero attached hydrogens (tertiary/aromatic N) is 6. The smallest absolute Gasteiger partial charge is 0.312 e. The van der Waals surface area contributed by atoms with Crippen LogP contribution in [0, 0.1) is 0 Å². The van der Waals surface area contributed by atoms with Gasteiger partial charge < -0.3 is 30.2 Å². The number of aromatic nitrogens is 2. The van der Waals surface area contributed by atoms with Crippen molar-refractivity contribution in [2.75, 3.05) is 62.2 Å². The summed E-state index contributed by atoms with van der Waals surface area (Å²) in [5.41, 5.74) is 0. The first-order chi connectivity index (χ1) is 14.5. The first-order valence-corrected chi connectivity index (χ1v) is 10.0. The monoisotopic (exact) mass is 414 g/mol. The highest BCUT2D eigenvalue weighted by atomic mass is 16.2. The molecule has 1 aromatic rings. The van der Waals surface area contributed by atoms with E-state index in [1.165, 1.54) is 6.33 Å². The molecule has 2 unspecified atom stereocenters. The molecule has 4 amide bonds. The van der Waals surface area contributed by atoms with Crippen LogP contribution in [-0.4, -0.2) is 108 Å². The zero-order chi connectivity index (χ0) is 20.8. The fraction of sp³-hybridized carbons (Fsp3) is 0.556. The highest BCUT2D eigenvalue weighted by molar-refractivity contribution is 6.36. The number of carbonyl (C=O) groups is 4. The van der Waals surface area contributed by atoms with Crippen LogP contribution >= 0.6 is 0 Å². The fourth-order valence-electron chi connectivity index (χ4n) is 4.53. The average molecular weight is 414 g/mol. The largest absolute Gasteiger partial charge is 0.353 e.